The molecule has 0 radical (unpaired) electrons. The summed E-state index contributed by atoms with van der Waals surface area (Å²) in [7, 11) is 0. The van der Waals surface area contributed by atoms with Gasteiger partial charge in [-0.3, -0.25) is 0 Å². The lowest BCUT2D eigenvalue weighted by atomic mass is 9.67. The van der Waals surface area contributed by atoms with Crippen LogP contribution in [-0.4, -0.2) is 4.57 Å². The predicted octanol–water partition coefficient (Wildman–Crippen LogP) is 15.4. The monoisotopic (exact) mass is 776 g/mol. The molecule has 2 heteroatoms. The SMILES string of the molecule is c1ccc(-c2ccc(N(c3ccc4c(c3)c3cc(C5(c6ccccc6)c6ccccc6-c6ccccc65)ccc3n4-c3ccccc3)c3cccc4ccccc34)cc2)cc1. The fraction of sp³-hybridized carbons (Fsp3) is 0.0169. The smallest absolute Gasteiger partial charge is 0.0713 e. The molecular weight excluding hydrogens is 737 g/mol. The highest BCUT2D eigenvalue weighted by Gasteiger charge is 2.46. The summed E-state index contributed by atoms with van der Waals surface area (Å²) in [6.07, 6.45) is 0. The Bertz CT molecular complexity index is 3350. The van der Waals surface area contributed by atoms with Gasteiger partial charge < -0.3 is 9.47 Å². The molecule has 1 aliphatic rings. The number of fused-ring (bicyclic) bond motifs is 7. The van der Waals surface area contributed by atoms with Crippen LogP contribution in [0.4, 0.5) is 17.1 Å². The first kappa shape index (κ1) is 35.0. The van der Waals surface area contributed by atoms with Crippen LogP contribution in [0.1, 0.15) is 22.3 Å². The molecule has 0 saturated carbocycles. The Morgan fingerprint density at radius 3 is 1.61 bits per heavy atom. The predicted molar refractivity (Wildman–Crippen MR) is 256 cm³/mol. The number of hydrogen-bond acceptors (Lipinski definition) is 1. The molecule has 0 saturated heterocycles. The number of anilines is 3. The molecule has 286 valence electrons. The van der Waals surface area contributed by atoms with Crippen LogP contribution < -0.4 is 4.90 Å². The Kier molecular flexibility index (Phi) is 8.11. The summed E-state index contributed by atoms with van der Waals surface area (Å²) in [5.74, 6) is 0. The van der Waals surface area contributed by atoms with E-state index in [9.17, 15) is 0 Å². The summed E-state index contributed by atoms with van der Waals surface area (Å²) in [6.45, 7) is 0. The first-order valence-corrected chi connectivity index (χ1v) is 21.1. The van der Waals surface area contributed by atoms with Crippen LogP contribution in [0.5, 0.6) is 0 Å². The maximum absolute atomic E-state index is 2.49. The van der Waals surface area contributed by atoms with Crippen LogP contribution >= 0.6 is 0 Å². The van der Waals surface area contributed by atoms with Gasteiger partial charge in [-0.2, -0.15) is 0 Å². The second-order valence-corrected chi connectivity index (χ2v) is 16.1. The van der Waals surface area contributed by atoms with E-state index in [1.165, 1.54) is 77.1 Å². The molecule has 2 nitrogen and oxygen atoms in total. The topological polar surface area (TPSA) is 8.17 Å². The number of rotatable bonds is 7. The van der Waals surface area contributed by atoms with Crippen molar-refractivity contribution >= 4 is 49.6 Å². The van der Waals surface area contributed by atoms with Gasteiger partial charge in [0.05, 0.1) is 22.1 Å². The summed E-state index contributed by atoms with van der Waals surface area (Å²) < 4.78 is 2.43. The van der Waals surface area contributed by atoms with E-state index >= 15 is 0 Å². The molecule has 61 heavy (non-hydrogen) atoms. The zero-order chi connectivity index (χ0) is 40.3. The van der Waals surface area contributed by atoms with Crippen LogP contribution in [0.15, 0.2) is 243 Å². The van der Waals surface area contributed by atoms with Gasteiger partial charge in [-0.25, -0.2) is 0 Å². The van der Waals surface area contributed by atoms with E-state index in [4.69, 9.17) is 0 Å². The average Bonchev–Trinajstić information content (AvgIpc) is 3.83. The van der Waals surface area contributed by atoms with Gasteiger partial charge in [0.25, 0.3) is 0 Å². The Morgan fingerprint density at radius 1 is 0.344 bits per heavy atom. The maximum atomic E-state index is 2.49. The molecular formula is C59H40N2. The van der Waals surface area contributed by atoms with Crippen molar-refractivity contribution in [3.8, 4) is 27.9 Å². The van der Waals surface area contributed by atoms with Gasteiger partial charge >= 0.3 is 0 Å². The fourth-order valence-corrected chi connectivity index (χ4v) is 10.2. The third-order valence-corrected chi connectivity index (χ3v) is 12.9. The van der Waals surface area contributed by atoms with E-state index in [0.29, 0.717) is 0 Å². The lowest BCUT2D eigenvalue weighted by Gasteiger charge is -2.34. The number of nitrogens with zero attached hydrogens (tertiary/aromatic N) is 2. The van der Waals surface area contributed by atoms with E-state index in [0.717, 1.165) is 22.7 Å². The zero-order valence-electron chi connectivity index (χ0n) is 33.5. The molecule has 1 aliphatic carbocycles. The fourth-order valence-electron chi connectivity index (χ4n) is 10.2. The Morgan fingerprint density at radius 2 is 0.885 bits per heavy atom. The molecule has 0 fully saturated rings. The molecule has 10 aromatic carbocycles. The van der Waals surface area contributed by atoms with Crippen molar-refractivity contribution in [1.82, 2.24) is 4.57 Å². The molecule has 0 N–H and O–H groups in total. The van der Waals surface area contributed by atoms with E-state index < -0.39 is 5.41 Å². The van der Waals surface area contributed by atoms with E-state index in [1.54, 1.807) is 0 Å². The van der Waals surface area contributed by atoms with Crippen molar-refractivity contribution in [2.24, 2.45) is 0 Å². The molecule has 11 aromatic rings. The van der Waals surface area contributed by atoms with Gasteiger partial charge in [0.2, 0.25) is 0 Å². The Balaban J connectivity index is 1.14. The highest BCUT2D eigenvalue weighted by molar-refractivity contribution is 6.12. The molecule has 0 unspecified atom stereocenters. The van der Waals surface area contributed by atoms with Crippen LogP contribution in [-0.2, 0) is 5.41 Å². The van der Waals surface area contributed by atoms with Crippen molar-refractivity contribution < 1.29 is 0 Å². The minimum Gasteiger partial charge on any atom is -0.310 e. The zero-order valence-corrected chi connectivity index (χ0v) is 33.5. The summed E-state index contributed by atoms with van der Waals surface area (Å²) in [6, 6.07) is 89.1. The van der Waals surface area contributed by atoms with Gasteiger partial charge in [0, 0.05) is 33.2 Å². The second kappa shape index (κ2) is 14.1. The first-order chi connectivity index (χ1) is 30.3. The van der Waals surface area contributed by atoms with Crippen LogP contribution in [0.3, 0.4) is 0 Å². The Hall–Kier alpha value is -7.94. The van der Waals surface area contributed by atoms with Crippen molar-refractivity contribution in [2.75, 3.05) is 4.90 Å². The number of hydrogen-bond donors (Lipinski definition) is 0. The second-order valence-electron chi connectivity index (χ2n) is 16.1. The molecule has 1 heterocycles. The van der Waals surface area contributed by atoms with Gasteiger partial charge in [-0.05, 0) is 111 Å². The molecule has 0 aliphatic heterocycles. The number of aromatic nitrogens is 1. The molecule has 0 amide bonds. The van der Waals surface area contributed by atoms with E-state index in [2.05, 4.69) is 252 Å². The van der Waals surface area contributed by atoms with Gasteiger partial charge in [0.1, 0.15) is 0 Å². The van der Waals surface area contributed by atoms with Crippen LogP contribution in [0.2, 0.25) is 0 Å². The quantitative estimate of drug-likeness (QED) is 0.156. The summed E-state index contributed by atoms with van der Waals surface area (Å²) >= 11 is 0. The number of benzene rings is 10. The minimum atomic E-state index is -0.503. The highest BCUT2D eigenvalue weighted by atomic mass is 15.1. The van der Waals surface area contributed by atoms with Crippen molar-refractivity contribution in [3.05, 3.63) is 265 Å². The largest absolute Gasteiger partial charge is 0.310 e. The van der Waals surface area contributed by atoms with Gasteiger partial charge in [0.15, 0.2) is 0 Å². The molecule has 0 bridgehead atoms. The first-order valence-electron chi connectivity index (χ1n) is 21.1. The summed E-state index contributed by atoms with van der Waals surface area (Å²) in [4.78, 5) is 2.43. The third-order valence-electron chi connectivity index (χ3n) is 12.9. The summed E-state index contributed by atoms with van der Waals surface area (Å²) in [5.41, 5.74) is 16.4. The standard InChI is InChI=1S/C59H40N2/c1-4-17-41(18-5-1)42-31-34-47(35-32-42)60(56-30-16-20-43-19-10-11-25-49(43)56)48-36-38-58-53(40-48)52-39-45(33-37-57(52)61(58)46-23-8-3-9-24-46)59(44-21-6-2-7-22-44)54-28-14-12-26-50(54)51-27-13-15-29-55(51)59/h1-40H. The molecule has 0 atom stereocenters. The molecule has 1 aromatic heterocycles. The highest BCUT2D eigenvalue weighted by Crippen LogP contribution is 2.56. The minimum absolute atomic E-state index is 0.503. The van der Waals surface area contributed by atoms with Gasteiger partial charge in [-0.15, -0.1) is 0 Å². The van der Waals surface area contributed by atoms with Gasteiger partial charge in [-0.1, -0.05) is 182 Å². The average molecular weight is 777 g/mol. The van der Waals surface area contributed by atoms with Crippen molar-refractivity contribution in [2.45, 2.75) is 5.41 Å². The Labute approximate surface area is 355 Å². The van der Waals surface area contributed by atoms with Crippen molar-refractivity contribution in [3.63, 3.8) is 0 Å². The number of para-hydroxylation sites is 1. The lowest BCUT2D eigenvalue weighted by Crippen LogP contribution is -2.28. The molecule has 0 spiro atoms. The third kappa shape index (κ3) is 5.43. The van der Waals surface area contributed by atoms with Crippen LogP contribution in [0, 0.1) is 0 Å². The van der Waals surface area contributed by atoms with Crippen LogP contribution in [0.25, 0.3) is 60.5 Å². The maximum Gasteiger partial charge on any atom is 0.0713 e. The van der Waals surface area contributed by atoms with Crippen molar-refractivity contribution in [1.29, 1.82) is 0 Å². The lowest BCUT2D eigenvalue weighted by molar-refractivity contribution is 0.770. The molecule has 12 rings (SSSR count). The normalized spacial score (nSPS) is 12.7. The van der Waals surface area contributed by atoms with E-state index in [-0.39, 0.29) is 0 Å². The summed E-state index contributed by atoms with van der Waals surface area (Å²) in [5, 5.41) is 4.83. The van der Waals surface area contributed by atoms with E-state index in [1.807, 2.05) is 0 Å².